The fourth-order valence-electron chi connectivity index (χ4n) is 2.72. The molecule has 126 valence electrons. The van der Waals surface area contributed by atoms with Crippen molar-refractivity contribution in [2.75, 3.05) is 7.11 Å². The normalized spacial score (nSPS) is 10.5. The zero-order valence-electron chi connectivity index (χ0n) is 13.8. The third-order valence-corrected chi connectivity index (χ3v) is 4.18. The Hall–Kier alpha value is -2.78. The van der Waals surface area contributed by atoms with Gasteiger partial charge in [-0.3, -0.25) is 4.79 Å². The first-order valence-corrected chi connectivity index (χ1v) is 8.31. The van der Waals surface area contributed by atoms with Crippen molar-refractivity contribution < 1.29 is 9.53 Å². The van der Waals surface area contributed by atoms with Crippen LogP contribution in [0.15, 0.2) is 78.9 Å². The summed E-state index contributed by atoms with van der Waals surface area (Å²) in [6.07, 6.45) is 0. The first kappa shape index (κ1) is 17.1. The van der Waals surface area contributed by atoms with Crippen molar-refractivity contribution in [2.24, 2.45) is 0 Å². The lowest BCUT2D eigenvalue weighted by Gasteiger charge is -2.20. The summed E-state index contributed by atoms with van der Waals surface area (Å²) in [4.78, 5) is 12.9. The van der Waals surface area contributed by atoms with Gasteiger partial charge in [0.2, 0.25) is 0 Å². The van der Waals surface area contributed by atoms with Gasteiger partial charge in [0.15, 0.2) is 0 Å². The Morgan fingerprint density at radius 1 is 0.920 bits per heavy atom. The molecule has 1 amide bonds. The summed E-state index contributed by atoms with van der Waals surface area (Å²) in [5.74, 6) is 0.249. The van der Waals surface area contributed by atoms with E-state index in [1.165, 1.54) is 7.11 Å². The molecule has 0 spiro atoms. The third-order valence-electron chi connectivity index (χ3n) is 3.95. The van der Waals surface area contributed by atoms with Crippen LogP contribution in [0.2, 0.25) is 5.02 Å². The zero-order chi connectivity index (χ0) is 17.6. The average Bonchev–Trinajstić information content (AvgIpc) is 2.67. The van der Waals surface area contributed by atoms with E-state index in [1.807, 2.05) is 60.7 Å². The van der Waals surface area contributed by atoms with E-state index in [1.54, 1.807) is 18.2 Å². The Kier molecular flexibility index (Phi) is 5.36. The molecule has 4 heteroatoms. The Balaban J connectivity index is 1.96. The Labute approximate surface area is 152 Å². The van der Waals surface area contributed by atoms with Gasteiger partial charge < -0.3 is 10.1 Å². The molecule has 0 aliphatic carbocycles. The zero-order valence-corrected chi connectivity index (χ0v) is 14.5. The van der Waals surface area contributed by atoms with E-state index >= 15 is 0 Å². The van der Waals surface area contributed by atoms with Gasteiger partial charge in [-0.25, -0.2) is 0 Å². The van der Waals surface area contributed by atoms with Gasteiger partial charge in [0.25, 0.3) is 5.91 Å². The van der Waals surface area contributed by atoms with E-state index in [2.05, 4.69) is 5.32 Å². The van der Waals surface area contributed by atoms with E-state index in [0.717, 1.165) is 11.1 Å². The standard InChI is InChI=1S/C21H18ClNO2/c1-25-19-13-12-17(22)14-18(19)21(24)23-20(15-8-4-2-5-9-15)16-10-6-3-7-11-16/h2-14,20H,1H3,(H,23,24). The minimum atomic E-state index is -0.265. The lowest BCUT2D eigenvalue weighted by atomic mass is 9.98. The minimum Gasteiger partial charge on any atom is -0.496 e. The quantitative estimate of drug-likeness (QED) is 0.712. The molecular formula is C21H18ClNO2. The maximum atomic E-state index is 12.9. The summed E-state index contributed by atoms with van der Waals surface area (Å²) in [6, 6.07) is 24.4. The van der Waals surface area contributed by atoms with E-state index < -0.39 is 0 Å². The molecule has 0 heterocycles. The van der Waals surface area contributed by atoms with Gasteiger partial charge in [-0.2, -0.15) is 0 Å². The molecule has 3 nitrogen and oxygen atoms in total. The molecule has 3 aromatic rings. The Morgan fingerprint density at radius 3 is 2.00 bits per heavy atom. The van der Waals surface area contributed by atoms with Crippen LogP contribution in [-0.2, 0) is 0 Å². The lowest BCUT2D eigenvalue weighted by Crippen LogP contribution is -2.29. The first-order chi connectivity index (χ1) is 12.2. The van der Waals surface area contributed by atoms with E-state index in [4.69, 9.17) is 16.3 Å². The van der Waals surface area contributed by atoms with E-state index in [9.17, 15) is 4.79 Å². The number of nitrogens with one attached hydrogen (secondary N) is 1. The molecule has 0 saturated carbocycles. The van der Waals surface area contributed by atoms with Crippen molar-refractivity contribution in [3.8, 4) is 5.75 Å². The van der Waals surface area contributed by atoms with Crippen LogP contribution >= 0.6 is 11.6 Å². The second kappa shape index (κ2) is 7.86. The molecular weight excluding hydrogens is 334 g/mol. The average molecular weight is 352 g/mol. The van der Waals surface area contributed by atoms with Crippen LogP contribution in [0.1, 0.15) is 27.5 Å². The van der Waals surface area contributed by atoms with Crippen molar-refractivity contribution >= 4 is 17.5 Å². The monoisotopic (exact) mass is 351 g/mol. The number of methoxy groups -OCH3 is 1. The van der Waals surface area contributed by atoms with Crippen molar-refractivity contribution in [2.45, 2.75) is 6.04 Å². The van der Waals surface area contributed by atoms with Crippen LogP contribution in [0.4, 0.5) is 0 Å². The number of amides is 1. The highest BCUT2D eigenvalue weighted by molar-refractivity contribution is 6.31. The highest BCUT2D eigenvalue weighted by Crippen LogP contribution is 2.26. The van der Waals surface area contributed by atoms with Crippen molar-refractivity contribution in [1.29, 1.82) is 0 Å². The summed E-state index contributed by atoms with van der Waals surface area (Å²) in [7, 11) is 1.53. The highest BCUT2D eigenvalue weighted by atomic mass is 35.5. The first-order valence-electron chi connectivity index (χ1n) is 7.93. The molecule has 3 rings (SSSR count). The van der Waals surface area contributed by atoms with Gasteiger partial charge in [-0.1, -0.05) is 72.3 Å². The molecule has 0 radical (unpaired) electrons. The molecule has 0 bridgehead atoms. The fraction of sp³-hybridized carbons (Fsp3) is 0.0952. The topological polar surface area (TPSA) is 38.3 Å². The molecule has 3 aromatic carbocycles. The minimum absolute atomic E-state index is 0.239. The molecule has 0 fully saturated rings. The second-order valence-electron chi connectivity index (χ2n) is 5.57. The molecule has 0 aliphatic heterocycles. The molecule has 25 heavy (non-hydrogen) atoms. The van der Waals surface area contributed by atoms with Gasteiger partial charge in [-0.15, -0.1) is 0 Å². The van der Waals surface area contributed by atoms with E-state index in [-0.39, 0.29) is 11.9 Å². The summed E-state index contributed by atoms with van der Waals surface area (Å²) < 4.78 is 5.29. The molecule has 1 N–H and O–H groups in total. The number of hydrogen-bond acceptors (Lipinski definition) is 2. The molecule has 0 aliphatic rings. The van der Waals surface area contributed by atoms with Gasteiger partial charge in [-0.05, 0) is 29.3 Å². The van der Waals surface area contributed by atoms with Crippen LogP contribution in [0, 0.1) is 0 Å². The number of benzene rings is 3. The van der Waals surface area contributed by atoms with Crippen LogP contribution < -0.4 is 10.1 Å². The largest absolute Gasteiger partial charge is 0.496 e. The molecule has 0 atom stereocenters. The fourth-order valence-corrected chi connectivity index (χ4v) is 2.89. The molecule has 0 unspecified atom stereocenters. The maximum absolute atomic E-state index is 12.9. The van der Waals surface area contributed by atoms with Crippen LogP contribution in [0.3, 0.4) is 0 Å². The van der Waals surface area contributed by atoms with Crippen LogP contribution in [0.25, 0.3) is 0 Å². The van der Waals surface area contributed by atoms with Gasteiger partial charge in [0.05, 0.1) is 18.7 Å². The van der Waals surface area contributed by atoms with Crippen molar-refractivity contribution in [3.05, 3.63) is 101 Å². The number of carbonyl (C=O) groups excluding carboxylic acids is 1. The predicted molar refractivity (Wildman–Crippen MR) is 100 cm³/mol. The SMILES string of the molecule is COc1ccc(Cl)cc1C(=O)NC(c1ccccc1)c1ccccc1. The van der Waals surface area contributed by atoms with Crippen molar-refractivity contribution in [1.82, 2.24) is 5.32 Å². The second-order valence-corrected chi connectivity index (χ2v) is 6.01. The highest BCUT2D eigenvalue weighted by Gasteiger charge is 2.20. The van der Waals surface area contributed by atoms with Crippen molar-refractivity contribution in [3.63, 3.8) is 0 Å². The number of hydrogen-bond donors (Lipinski definition) is 1. The lowest BCUT2D eigenvalue weighted by molar-refractivity contribution is 0.0940. The van der Waals surface area contributed by atoms with Gasteiger partial charge in [0, 0.05) is 5.02 Å². The summed E-state index contributed by atoms with van der Waals surface area (Å²) in [5.41, 5.74) is 2.41. The maximum Gasteiger partial charge on any atom is 0.255 e. The smallest absolute Gasteiger partial charge is 0.255 e. The summed E-state index contributed by atoms with van der Waals surface area (Å²) >= 11 is 6.05. The molecule has 0 saturated heterocycles. The number of ether oxygens (including phenoxy) is 1. The third kappa shape index (κ3) is 4.01. The Morgan fingerprint density at radius 2 is 1.48 bits per heavy atom. The number of halogens is 1. The molecule has 0 aromatic heterocycles. The summed E-state index contributed by atoms with van der Waals surface area (Å²) in [5, 5.41) is 3.58. The van der Waals surface area contributed by atoms with Gasteiger partial charge >= 0.3 is 0 Å². The number of rotatable bonds is 5. The number of carbonyl (C=O) groups is 1. The Bertz CT molecular complexity index is 811. The van der Waals surface area contributed by atoms with Gasteiger partial charge in [0.1, 0.15) is 5.75 Å². The van der Waals surface area contributed by atoms with Crippen LogP contribution in [-0.4, -0.2) is 13.0 Å². The van der Waals surface area contributed by atoms with E-state index in [0.29, 0.717) is 16.3 Å². The van der Waals surface area contributed by atoms with Crippen LogP contribution in [0.5, 0.6) is 5.75 Å². The predicted octanol–water partition coefficient (Wildman–Crippen LogP) is 4.87. The summed E-state index contributed by atoms with van der Waals surface area (Å²) in [6.45, 7) is 0.